The number of phenols is 1. The number of nitrogens with zero attached hydrogens (tertiary/aromatic N) is 2. The summed E-state index contributed by atoms with van der Waals surface area (Å²) in [5, 5.41) is 26.1. The van der Waals surface area contributed by atoms with Crippen molar-refractivity contribution < 1.29 is 34.2 Å². The number of fused-ring (bicyclic) bond motifs is 3. The molecule has 6 N–H and O–H groups in total. The van der Waals surface area contributed by atoms with Gasteiger partial charge in [-0.05, 0) is 56.1 Å². The molecule has 2 fully saturated rings. The number of hydrogen-bond donors (Lipinski definition) is 5. The summed E-state index contributed by atoms with van der Waals surface area (Å²) in [6, 6.07) is 2.46. The van der Waals surface area contributed by atoms with Gasteiger partial charge in [-0.2, -0.15) is 0 Å². The summed E-state index contributed by atoms with van der Waals surface area (Å²) in [6.07, 6.45) is 3.75. The van der Waals surface area contributed by atoms with Gasteiger partial charge in [-0.25, -0.2) is 0 Å². The normalized spacial score (nSPS) is 29.6. The second-order valence-electron chi connectivity index (χ2n) is 11.4. The first kappa shape index (κ1) is 27.5. The molecule has 2 aromatic rings. The van der Waals surface area contributed by atoms with Gasteiger partial charge in [0.15, 0.2) is 34.7 Å². The number of phenolic OH excluding ortho intramolecular Hbond substituents is 1. The Kier molecular flexibility index (Phi) is 6.58. The van der Waals surface area contributed by atoms with E-state index in [1.165, 1.54) is 4.90 Å². The van der Waals surface area contributed by atoms with Gasteiger partial charge in [-0.15, -0.1) is 0 Å². The number of aliphatic hydroxyl groups is 1. The van der Waals surface area contributed by atoms with E-state index >= 15 is 0 Å². The number of aromatic nitrogens is 1. The Morgan fingerprint density at radius 2 is 1.88 bits per heavy atom. The van der Waals surface area contributed by atoms with Gasteiger partial charge in [0.05, 0.1) is 23.2 Å². The Morgan fingerprint density at radius 1 is 1.18 bits per heavy atom. The molecule has 3 aliphatic carbocycles. The molecule has 40 heavy (non-hydrogen) atoms. The van der Waals surface area contributed by atoms with E-state index in [4.69, 9.17) is 5.73 Å². The first-order valence-corrected chi connectivity index (χ1v) is 13.1. The number of carbonyl (C=O) groups is 5. The molecule has 0 aliphatic heterocycles. The van der Waals surface area contributed by atoms with Crippen LogP contribution < -0.4 is 16.0 Å². The van der Waals surface area contributed by atoms with E-state index in [2.05, 4.69) is 10.3 Å². The van der Waals surface area contributed by atoms with Gasteiger partial charge >= 0.3 is 0 Å². The van der Waals surface area contributed by atoms with E-state index in [9.17, 15) is 34.2 Å². The number of primary amides is 1. The Morgan fingerprint density at radius 3 is 2.45 bits per heavy atom. The van der Waals surface area contributed by atoms with Crippen LogP contribution >= 0.6 is 0 Å². The predicted molar refractivity (Wildman–Crippen MR) is 144 cm³/mol. The first-order valence-electron chi connectivity index (χ1n) is 13.1. The summed E-state index contributed by atoms with van der Waals surface area (Å²) in [6.45, 7) is 0.353. The molecule has 0 bridgehead atoms. The molecule has 12 nitrogen and oxygen atoms in total. The number of ketones is 4. The number of carbonyl (C=O) groups excluding carboxylic acids is 5. The molecular weight excluding hydrogens is 518 g/mol. The number of likely N-dealkylation sites (N-methyl/N-ethyl adjacent to an activating group) is 1. The minimum atomic E-state index is -2.75. The van der Waals surface area contributed by atoms with Crippen molar-refractivity contribution in [3.63, 3.8) is 0 Å². The highest BCUT2D eigenvalue weighted by molar-refractivity contribution is 6.32. The highest BCUT2D eigenvalue weighted by Gasteiger charge is 2.69. The number of anilines is 2. The van der Waals surface area contributed by atoms with E-state index in [1.807, 2.05) is 11.0 Å². The second-order valence-corrected chi connectivity index (χ2v) is 11.4. The van der Waals surface area contributed by atoms with Crippen LogP contribution in [0.2, 0.25) is 0 Å². The maximum absolute atomic E-state index is 14.0. The van der Waals surface area contributed by atoms with E-state index < -0.39 is 64.4 Å². The van der Waals surface area contributed by atoms with Crippen LogP contribution in [0.25, 0.3) is 0 Å². The van der Waals surface area contributed by atoms with E-state index in [0.29, 0.717) is 17.8 Å². The molecule has 1 aromatic heterocycles. The monoisotopic (exact) mass is 551 g/mol. The standard InChI is InChI=1S/C28H33N5O7/c1-32(2)17-9-16(31-11-12-5-6-30-10-12)22(34)19-14(17)7-13-8-15-21(33(3)4)24(36)20(27(29)39)26(38)28(15,40)25(37)18(13)23(19)35/h5-6,9-10,13,15,18,20-21,30-31,34,40H,7-8,11H2,1-4H3,(H2,29,39)/t13-,15-,18?,20?,21-,28-/m0/s1. The maximum atomic E-state index is 14.0. The number of amides is 1. The molecule has 0 spiro atoms. The summed E-state index contributed by atoms with van der Waals surface area (Å²) >= 11 is 0. The zero-order chi connectivity index (χ0) is 29.3. The van der Waals surface area contributed by atoms with Crippen molar-refractivity contribution in [1.82, 2.24) is 9.88 Å². The molecule has 6 atom stereocenters. The second kappa shape index (κ2) is 9.56. The molecule has 3 aliphatic rings. The van der Waals surface area contributed by atoms with Crippen LogP contribution in [0.15, 0.2) is 24.5 Å². The number of nitrogens with two attached hydrogens (primary N) is 1. The third-order valence-corrected chi connectivity index (χ3v) is 8.66. The molecule has 5 rings (SSSR count). The van der Waals surface area contributed by atoms with Gasteiger partial charge in [0.2, 0.25) is 5.91 Å². The molecule has 1 heterocycles. The molecule has 212 valence electrons. The average molecular weight is 552 g/mol. The van der Waals surface area contributed by atoms with Crippen molar-refractivity contribution in [2.45, 2.75) is 31.0 Å². The molecule has 0 radical (unpaired) electrons. The average Bonchev–Trinajstić information content (AvgIpc) is 3.39. The van der Waals surface area contributed by atoms with Crippen LogP contribution in [0.5, 0.6) is 5.75 Å². The van der Waals surface area contributed by atoms with Gasteiger partial charge in [-0.1, -0.05) is 0 Å². The van der Waals surface area contributed by atoms with Gasteiger partial charge in [0.25, 0.3) is 0 Å². The number of benzene rings is 1. The minimum Gasteiger partial charge on any atom is -0.505 e. The largest absolute Gasteiger partial charge is 0.505 e. The van der Waals surface area contributed by atoms with Crippen molar-refractivity contribution in [2.75, 3.05) is 38.4 Å². The van der Waals surface area contributed by atoms with E-state index in [1.54, 1.807) is 46.7 Å². The Labute approximate surface area is 230 Å². The number of rotatable bonds is 6. The molecule has 1 aromatic carbocycles. The fraction of sp³-hybridized carbons (Fsp3) is 0.464. The summed E-state index contributed by atoms with van der Waals surface area (Å²) < 4.78 is 0. The van der Waals surface area contributed by atoms with Crippen molar-refractivity contribution in [2.24, 2.45) is 29.4 Å². The van der Waals surface area contributed by atoms with Crippen molar-refractivity contribution >= 4 is 40.4 Å². The van der Waals surface area contributed by atoms with E-state index in [-0.39, 0.29) is 29.8 Å². The number of nitrogens with one attached hydrogen (secondary N) is 2. The highest BCUT2D eigenvalue weighted by Crippen LogP contribution is 2.52. The lowest BCUT2D eigenvalue weighted by Crippen LogP contribution is -2.74. The lowest BCUT2D eigenvalue weighted by atomic mass is 9.52. The number of Topliss-reactive ketones (excluding diaryl/α,β-unsaturated/α-hetero) is 4. The Hall–Kier alpha value is -4.03. The molecule has 2 saturated carbocycles. The fourth-order valence-corrected chi connectivity index (χ4v) is 6.85. The van der Waals surface area contributed by atoms with Crippen LogP contribution in [0.4, 0.5) is 11.4 Å². The summed E-state index contributed by atoms with van der Waals surface area (Å²) in [7, 11) is 6.71. The number of aromatic hydroxyl groups is 1. The van der Waals surface area contributed by atoms with Crippen LogP contribution in [0.3, 0.4) is 0 Å². The smallest absolute Gasteiger partial charge is 0.235 e. The molecule has 2 unspecified atom stereocenters. The third kappa shape index (κ3) is 3.85. The Balaban J connectivity index is 1.61. The van der Waals surface area contributed by atoms with Crippen molar-refractivity contribution in [3.8, 4) is 5.75 Å². The number of H-pyrrole nitrogens is 1. The van der Waals surface area contributed by atoms with Crippen molar-refractivity contribution in [1.29, 1.82) is 0 Å². The quantitative estimate of drug-likeness (QED) is 0.239. The van der Waals surface area contributed by atoms with E-state index in [0.717, 1.165) is 5.56 Å². The topological polar surface area (TPSA) is 186 Å². The number of aromatic amines is 1. The van der Waals surface area contributed by atoms with Crippen LogP contribution in [0.1, 0.15) is 27.9 Å². The molecular formula is C28H33N5O7. The highest BCUT2D eigenvalue weighted by atomic mass is 16.3. The third-order valence-electron chi connectivity index (χ3n) is 8.66. The zero-order valence-electron chi connectivity index (χ0n) is 22.7. The number of hydrogen-bond acceptors (Lipinski definition) is 10. The summed E-state index contributed by atoms with van der Waals surface area (Å²) in [5.41, 5.74) is 4.98. The lowest BCUT2D eigenvalue weighted by molar-refractivity contribution is -0.181. The van der Waals surface area contributed by atoms with Gasteiger partial charge in [0, 0.05) is 44.6 Å². The molecule has 12 heteroatoms. The summed E-state index contributed by atoms with van der Waals surface area (Å²) in [5.74, 6) is -10.6. The molecule has 1 amide bonds. The van der Waals surface area contributed by atoms with Crippen LogP contribution in [-0.4, -0.2) is 89.0 Å². The predicted octanol–water partition coefficient (Wildman–Crippen LogP) is -0.127. The van der Waals surface area contributed by atoms with Gasteiger partial charge < -0.3 is 31.1 Å². The van der Waals surface area contributed by atoms with Gasteiger partial charge in [-0.3, -0.25) is 28.9 Å². The summed E-state index contributed by atoms with van der Waals surface area (Å²) in [4.78, 5) is 73.0. The zero-order valence-corrected chi connectivity index (χ0v) is 22.7. The fourth-order valence-electron chi connectivity index (χ4n) is 6.85. The SMILES string of the molecule is CN(C)c1cc(NCc2cc[nH]c2)c(O)c2c1C[C@H]1C[C@H]3[C@H](N(C)C)C(=O)C(C(N)=O)C(=O)[C@@]3(O)C(=O)C1C2=O. The first-order chi connectivity index (χ1) is 18.8. The lowest BCUT2D eigenvalue weighted by Gasteiger charge is -2.52. The van der Waals surface area contributed by atoms with Crippen molar-refractivity contribution in [3.05, 3.63) is 41.2 Å². The maximum Gasteiger partial charge on any atom is 0.235 e. The Bertz CT molecular complexity index is 1430. The molecule has 0 saturated heterocycles. The van der Waals surface area contributed by atoms with Crippen LogP contribution in [0, 0.1) is 23.7 Å². The minimum absolute atomic E-state index is 0.00498. The van der Waals surface area contributed by atoms with Gasteiger partial charge in [0.1, 0.15) is 5.75 Å². The van der Waals surface area contributed by atoms with Crippen LogP contribution in [-0.2, 0) is 32.1 Å².